The molecule has 0 aromatic heterocycles. The van der Waals surface area contributed by atoms with Crippen LogP contribution in [0.1, 0.15) is 43.4 Å². The average Bonchev–Trinajstić information content (AvgIpc) is 3.27. The number of hydrogen-bond acceptors (Lipinski definition) is 5. The first-order chi connectivity index (χ1) is 14.3. The van der Waals surface area contributed by atoms with Crippen molar-refractivity contribution in [3.05, 3.63) is 35.4 Å². The minimum atomic E-state index is -4.54. The number of halogens is 6. The summed E-state index contributed by atoms with van der Waals surface area (Å²) in [5, 5.41) is 16.3. The van der Waals surface area contributed by atoms with Crippen molar-refractivity contribution in [3.8, 4) is 0 Å². The molecule has 2 aliphatic heterocycles. The van der Waals surface area contributed by atoms with Crippen molar-refractivity contribution in [3.63, 3.8) is 0 Å². The number of rotatable bonds is 4. The molecular formula is C19H22F6N4O2. The standard InChI is InChI=1S/C19H22F6N4O2/c1-17(6-7-17)13(9-2-4-10(5-3-9)19(23,24)25)29-14-12(15(30)27-16(31)26-14)11(28-29)8-18(20,21)22/h2-5,11-14,16,26,28,31H,6-8H2,1H3,(H,27,30). The van der Waals surface area contributed by atoms with Crippen LogP contribution in [-0.4, -0.2) is 40.8 Å². The largest absolute Gasteiger partial charge is 0.416 e. The maximum Gasteiger partial charge on any atom is 0.416 e. The first kappa shape index (κ1) is 22.3. The molecule has 5 atom stereocenters. The van der Waals surface area contributed by atoms with Crippen LogP contribution in [0.5, 0.6) is 0 Å². The summed E-state index contributed by atoms with van der Waals surface area (Å²) in [5.41, 5.74) is 2.03. The average molecular weight is 452 g/mol. The summed E-state index contributed by atoms with van der Waals surface area (Å²) in [6, 6.07) is 2.60. The third-order valence-electron chi connectivity index (χ3n) is 6.28. The molecule has 172 valence electrons. The summed E-state index contributed by atoms with van der Waals surface area (Å²) >= 11 is 0. The van der Waals surface area contributed by atoms with Gasteiger partial charge in [0.05, 0.1) is 30.1 Å². The minimum absolute atomic E-state index is 0.412. The van der Waals surface area contributed by atoms with Crippen molar-refractivity contribution >= 4 is 5.91 Å². The van der Waals surface area contributed by atoms with E-state index < -0.39 is 66.2 Å². The Hall–Kier alpha value is -1.89. The maximum atomic E-state index is 13.2. The molecule has 1 aliphatic carbocycles. The second-order valence-electron chi connectivity index (χ2n) is 8.69. The lowest BCUT2D eigenvalue weighted by Gasteiger charge is -2.41. The molecule has 0 radical (unpaired) electrons. The highest BCUT2D eigenvalue weighted by molar-refractivity contribution is 5.81. The van der Waals surface area contributed by atoms with E-state index in [2.05, 4.69) is 16.1 Å². The Morgan fingerprint density at radius 3 is 2.29 bits per heavy atom. The predicted molar refractivity (Wildman–Crippen MR) is 95.5 cm³/mol. The van der Waals surface area contributed by atoms with Gasteiger partial charge in [0.1, 0.15) is 0 Å². The van der Waals surface area contributed by atoms with Gasteiger partial charge in [-0.2, -0.15) is 26.3 Å². The van der Waals surface area contributed by atoms with Gasteiger partial charge in [0, 0.05) is 6.04 Å². The number of hydrazine groups is 1. The molecule has 0 bridgehead atoms. The van der Waals surface area contributed by atoms with E-state index in [-0.39, 0.29) is 0 Å². The molecule has 1 amide bonds. The smallest absolute Gasteiger partial charge is 0.361 e. The van der Waals surface area contributed by atoms with Crippen LogP contribution < -0.4 is 16.1 Å². The monoisotopic (exact) mass is 452 g/mol. The van der Waals surface area contributed by atoms with Crippen LogP contribution in [-0.2, 0) is 11.0 Å². The molecule has 31 heavy (non-hydrogen) atoms. The zero-order valence-corrected chi connectivity index (χ0v) is 16.4. The van der Waals surface area contributed by atoms with Gasteiger partial charge in [-0.3, -0.25) is 10.1 Å². The van der Waals surface area contributed by atoms with E-state index in [9.17, 15) is 36.2 Å². The molecule has 1 aromatic carbocycles. The van der Waals surface area contributed by atoms with Crippen molar-refractivity contribution in [2.45, 2.75) is 63.1 Å². The van der Waals surface area contributed by atoms with Gasteiger partial charge in [-0.1, -0.05) is 19.1 Å². The summed E-state index contributed by atoms with van der Waals surface area (Å²) in [6.07, 6.45) is -11.3. The molecule has 1 aromatic rings. The zero-order chi connectivity index (χ0) is 22.8. The summed E-state index contributed by atoms with van der Waals surface area (Å²) < 4.78 is 78.4. The molecule has 2 saturated heterocycles. The summed E-state index contributed by atoms with van der Waals surface area (Å²) in [4.78, 5) is 12.4. The fourth-order valence-corrected chi connectivity index (χ4v) is 4.57. The van der Waals surface area contributed by atoms with E-state index in [4.69, 9.17) is 0 Å². The van der Waals surface area contributed by atoms with Crippen LogP contribution >= 0.6 is 0 Å². The van der Waals surface area contributed by atoms with Crippen LogP contribution in [0.3, 0.4) is 0 Å². The van der Waals surface area contributed by atoms with E-state index in [1.165, 1.54) is 17.1 Å². The van der Waals surface area contributed by atoms with Crippen LogP contribution in [0, 0.1) is 11.3 Å². The Morgan fingerprint density at radius 2 is 1.77 bits per heavy atom. The molecule has 1 saturated carbocycles. The summed E-state index contributed by atoms with van der Waals surface area (Å²) in [5.74, 6) is -1.88. The number of carbonyl (C=O) groups excluding carboxylic acids is 1. The van der Waals surface area contributed by atoms with E-state index in [0.717, 1.165) is 12.1 Å². The summed E-state index contributed by atoms with van der Waals surface area (Å²) in [6.45, 7) is 1.89. The highest BCUT2D eigenvalue weighted by atomic mass is 19.4. The van der Waals surface area contributed by atoms with E-state index in [1.54, 1.807) is 0 Å². The van der Waals surface area contributed by atoms with Crippen LogP contribution in [0.25, 0.3) is 0 Å². The Kier molecular flexibility index (Phi) is 5.27. The number of alkyl halides is 6. The normalized spacial score (nSPS) is 31.8. The zero-order valence-electron chi connectivity index (χ0n) is 16.4. The number of fused-ring (bicyclic) bond motifs is 1. The molecule has 5 unspecified atom stereocenters. The molecular weight excluding hydrogens is 430 g/mol. The second-order valence-corrected chi connectivity index (χ2v) is 8.69. The minimum Gasteiger partial charge on any atom is -0.361 e. The highest BCUT2D eigenvalue weighted by Crippen LogP contribution is 2.58. The fourth-order valence-electron chi connectivity index (χ4n) is 4.57. The van der Waals surface area contributed by atoms with Crippen LogP contribution in [0.2, 0.25) is 0 Å². The van der Waals surface area contributed by atoms with Gasteiger partial charge in [0.25, 0.3) is 0 Å². The molecule has 4 rings (SSSR count). The van der Waals surface area contributed by atoms with Crippen molar-refractivity contribution < 1.29 is 36.2 Å². The van der Waals surface area contributed by atoms with Gasteiger partial charge in [-0.05, 0) is 36.0 Å². The first-order valence-electron chi connectivity index (χ1n) is 9.81. The Bertz CT molecular complexity index is 839. The number of nitrogens with zero attached hydrogens (tertiary/aromatic N) is 1. The van der Waals surface area contributed by atoms with Gasteiger partial charge in [0.2, 0.25) is 5.91 Å². The molecule has 3 aliphatic rings. The molecule has 3 fully saturated rings. The third kappa shape index (κ3) is 4.38. The fraction of sp³-hybridized carbons (Fsp3) is 0.632. The lowest BCUT2D eigenvalue weighted by atomic mass is 9.88. The number of nitrogens with one attached hydrogen (secondary N) is 3. The lowest BCUT2D eigenvalue weighted by Crippen LogP contribution is -2.65. The molecule has 12 heteroatoms. The molecule has 4 N–H and O–H groups in total. The van der Waals surface area contributed by atoms with Gasteiger partial charge < -0.3 is 10.4 Å². The van der Waals surface area contributed by atoms with Crippen molar-refractivity contribution in [2.24, 2.45) is 11.3 Å². The number of carbonyl (C=O) groups is 1. The topological polar surface area (TPSA) is 76.6 Å². The Balaban J connectivity index is 1.70. The van der Waals surface area contributed by atoms with E-state index in [1.807, 2.05) is 6.92 Å². The number of aliphatic hydroxyl groups excluding tert-OH is 1. The number of amides is 1. The quantitative estimate of drug-likeness (QED) is 0.529. The molecule has 0 spiro atoms. The molecule has 2 heterocycles. The Morgan fingerprint density at radius 1 is 1.16 bits per heavy atom. The lowest BCUT2D eigenvalue weighted by molar-refractivity contribution is -0.147. The Labute approximate surface area is 173 Å². The van der Waals surface area contributed by atoms with Crippen molar-refractivity contribution in [1.29, 1.82) is 0 Å². The maximum absolute atomic E-state index is 13.2. The summed E-state index contributed by atoms with van der Waals surface area (Å²) in [7, 11) is 0. The number of aliphatic hydroxyl groups is 1. The highest BCUT2D eigenvalue weighted by Gasteiger charge is 2.58. The van der Waals surface area contributed by atoms with Crippen LogP contribution in [0.15, 0.2) is 24.3 Å². The van der Waals surface area contributed by atoms with Gasteiger partial charge in [0.15, 0.2) is 6.35 Å². The third-order valence-corrected chi connectivity index (χ3v) is 6.28. The number of hydrogen-bond donors (Lipinski definition) is 4. The van der Waals surface area contributed by atoms with Gasteiger partial charge in [-0.15, -0.1) is 0 Å². The first-order valence-corrected chi connectivity index (χ1v) is 9.81. The second kappa shape index (κ2) is 7.32. The van der Waals surface area contributed by atoms with Gasteiger partial charge >= 0.3 is 12.4 Å². The van der Waals surface area contributed by atoms with Crippen molar-refractivity contribution in [1.82, 2.24) is 21.1 Å². The SMILES string of the molecule is CC1(C(c2ccc(C(F)(F)F)cc2)N2NC(CC(F)(F)F)C3C(=O)NC(O)NC32)CC1. The van der Waals surface area contributed by atoms with Crippen LogP contribution in [0.4, 0.5) is 26.3 Å². The van der Waals surface area contributed by atoms with Crippen molar-refractivity contribution in [2.75, 3.05) is 0 Å². The predicted octanol–water partition coefficient (Wildman–Crippen LogP) is 2.63. The number of benzene rings is 1. The van der Waals surface area contributed by atoms with E-state index in [0.29, 0.717) is 18.4 Å². The van der Waals surface area contributed by atoms with E-state index >= 15 is 0 Å². The van der Waals surface area contributed by atoms with Gasteiger partial charge in [-0.25, -0.2) is 10.4 Å². The molecule has 6 nitrogen and oxygen atoms in total.